The SMILES string of the molecule is CS(=O)(=O)c1ccc(C2CCCC2)c(C(=O)N2CCN(c3ccc(C(F)(F)F)cc3)CC2)c1. The molecule has 2 fully saturated rings. The molecule has 0 atom stereocenters. The molecule has 1 aliphatic carbocycles. The lowest BCUT2D eigenvalue weighted by atomic mass is 9.92. The number of nitrogens with zero attached hydrogens (tertiary/aromatic N) is 2. The number of carbonyl (C=O) groups excluding carboxylic acids is 1. The Kier molecular flexibility index (Phi) is 6.44. The van der Waals surface area contributed by atoms with Crippen molar-refractivity contribution >= 4 is 21.4 Å². The maximum absolute atomic E-state index is 13.4. The summed E-state index contributed by atoms with van der Waals surface area (Å²) in [5.41, 5.74) is 1.36. The van der Waals surface area contributed by atoms with E-state index in [2.05, 4.69) is 0 Å². The lowest BCUT2D eigenvalue weighted by Gasteiger charge is -2.36. The Bertz CT molecular complexity index is 1120. The van der Waals surface area contributed by atoms with Gasteiger partial charge in [-0.1, -0.05) is 18.9 Å². The molecule has 0 spiro atoms. The maximum Gasteiger partial charge on any atom is 0.416 e. The number of rotatable bonds is 4. The van der Waals surface area contributed by atoms with Gasteiger partial charge in [0.2, 0.25) is 0 Å². The van der Waals surface area contributed by atoms with Crippen LogP contribution in [0.2, 0.25) is 0 Å². The third-order valence-electron chi connectivity index (χ3n) is 6.60. The molecule has 2 aliphatic rings. The number of hydrogen-bond donors (Lipinski definition) is 0. The second kappa shape index (κ2) is 9.00. The summed E-state index contributed by atoms with van der Waals surface area (Å²) in [5.74, 6) is 0.0699. The monoisotopic (exact) mass is 480 g/mol. The van der Waals surface area contributed by atoms with Crippen molar-refractivity contribution in [2.75, 3.05) is 37.3 Å². The van der Waals surface area contributed by atoms with Gasteiger partial charge in [0.15, 0.2) is 9.84 Å². The number of hydrogen-bond acceptors (Lipinski definition) is 4. The van der Waals surface area contributed by atoms with Gasteiger partial charge in [-0.2, -0.15) is 13.2 Å². The van der Waals surface area contributed by atoms with Gasteiger partial charge in [-0.3, -0.25) is 4.79 Å². The van der Waals surface area contributed by atoms with E-state index in [1.165, 1.54) is 18.2 Å². The minimum atomic E-state index is -4.37. The van der Waals surface area contributed by atoms with Crippen LogP contribution in [0, 0.1) is 0 Å². The predicted molar refractivity (Wildman–Crippen MR) is 120 cm³/mol. The number of sulfone groups is 1. The van der Waals surface area contributed by atoms with Gasteiger partial charge >= 0.3 is 6.18 Å². The molecular weight excluding hydrogens is 453 g/mol. The summed E-state index contributed by atoms with van der Waals surface area (Å²) in [6.45, 7) is 1.80. The molecule has 2 aromatic carbocycles. The van der Waals surface area contributed by atoms with E-state index in [4.69, 9.17) is 0 Å². The molecule has 2 aromatic rings. The summed E-state index contributed by atoms with van der Waals surface area (Å²) < 4.78 is 62.6. The first-order valence-electron chi connectivity index (χ1n) is 11.1. The molecule has 5 nitrogen and oxygen atoms in total. The van der Waals surface area contributed by atoms with Crippen LogP contribution in [-0.4, -0.2) is 51.7 Å². The first kappa shape index (κ1) is 23.6. The maximum atomic E-state index is 13.4. The average Bonchev–Trinajstić information content (AvgIpc) is 3.32. The highest BCUT2D eigenvalue weighted by Gasteiger charge is 2.31. The van der Waals surface area contributed by atoms with Crippen molar-refractivity contribution in [2.45, 2.75) is 42.7 Å². The molecule has 4 rings (SSSR count). The summed E-state index contributed by atoms with van der Waals surface area (Å²) >= 11 is 0. The average molecular weight is 481 g/mol. The van der Waals surface area contributed by atoms with Crippen molar-refractivity contribution in [1.82, 2.24) is 4.90 Å². The number of halogens is 3. The van der Waals surface area contributed by atoms with Crippen LogP contribution in [0.3, 0.4) is 0 Å². The second-order valence-electron chi connectivity index (χ2n) is 8.83. The normalized spacial score (nSPS) is 18.1. The van der Waals surface area contributed by atoms with Gasteiger partial charge in [0.05, 0.1) is 10.5 Å². The zero-order valence-corrected chi connectivity index (χ0v) is 19.3. The van der Waals surface area contributed by atoms with Crippen LogP contribution in [0.25, 0.3) is 0 Å². The largest absolute Gasteiger partial charge is 0.416 e. The van der Waals surface area contributed by atoms with Crippen molar-refractivity contribution in [3.05, 3.63) is 59.2 Å². The zero-order valence-electron chi connectivity index (χ0n) is 18.4. The highest BCUT2D eigenvalue weighted by atomic mass is 32.2. The molecule has 1 amide bonds. The molecule has 9 heteroatoms. The van der Waals surface area contributed by atoms with Crippen LogP contribution < -0.4 is 4.90 Å². The van der Waals surface area contributed by atoms with Gasteiger partial charge in [0.1, 0.15) is 0 Å². The summed E-state index contributed by atoms with van der Waals surface area (Å²) in [7, 11) is -3.45. The van der Waals surface area contributed by atoms with Crippen LogP contribution in [0.5, 0.6) is 0 Å². The molecule has 1 heterocycles. The molecule has 178 valence electrons. The van der Waals surface area contributed by atoms with Crippen LogP contribution >= 0.6 is 0 Å². The van der Waals surface area contributed by atoms with Crippen molar-refractivity contribution in [2.24, 2.45) is 0 Å². The molecule has 33 heavy (non-hydrogen) atoms. The van der Waals surface area contributed by atoms with Crippen LogP contribution in [0.1, 0.15) is 53.1 Å². The Morgan fingerprint density at radius 3 is 2.09 bits per heavy atom. The quantitative estimate of drug-likeness (QED) is 0.635. The third kappa shape index (κ3) is 5.18. The fourth-order valence-electron chi connectivity index (χ4n) is 4.74. The van der Waals surface area contributed by atoms with E-state index in [-0.39, 0.29) is 16.7 Å². The van der Waals surface area contributed by atoms with E-state index >= 15 is 0 Å². The standard InChI is InChI=1S/C24H27F3N2O3S/c1-33(31,32)20-10-11-21(17-4-2-3-5-17)22(16-20)23(30)29-14-12-28(13-15-29)19-8-6-18(7-9-19)24(25,26)27/h6-11,16-17H,2-5,12-15H2,1H3. The van der Waals surface area contributed by atoms with Gasteiger partial charge in [-0.15, -0.1) is 0 Å². The number of anilines is 1. The molecule has 0 aromatic heterocycles. The molecule has 0 bridgehead atoms. The van der Waals surface area contributed by atoms with Gasteiger partial charge in [-0.25, -0.2) is 8.42 Å². The number of alkyl halides is 3. The van der Waals surface area contributed by atoms with Crippen LogP contribution in [0.15, 0.2) is 47.4 Å². The van der Waals surface area contributed by atoms with Gasteiger partial charge in [0.25, 0.3) is 5.91 Å². The minimum absolute atomic E-state index is 0.135. The fraction of sp³-hybridized carbons (Fsp3) is 0.458. The Labute approximate surface area is 192 Å². The lowest BCUT2D eigenvalue weighted by molar-refractivity contribution is -0.137. The predicted octanol–water partition coefficient (Wildman–Crippen LogP) is 4.73. The second-order valence-corrected chi connectivity index (χ2v) is 10.8. The Balaban J connectivity index is 1.51. The third-order valence-corrected chi connectivity index (χ3v) is 7.72. The van der Waals surface area contributed by atoms with Gasteiger partial charge < -0.3 is 9.80 Å². The Morgan fingerprint density at radius 2 is 1.55 bits per heavy atom. The fourth-order valence-corrected chi connectivity index (χ4v) is 5.39. The van der Waals surface area contributed by atoms with Crippen molar-refractivity contribution < 1.29 is 26.4 Å². The van der Waals surface area contributed by atoms with E-state index < -0.39 is 21.6 Å². The van der Waals surface area contributed by atoms with E-state index in [0.717, 1.165) is 49.6 Å². The smallest absolute Gasteiger partial charge is 0.368 e. The van der Waals surface area contributed by atoms with Crippen LogP contribution in [-0.2, 0) is 16.0 Å². The summed E-state index contributed by atoms with van der Waals surface area (Å²) in [5, 5.41) is 0. The van der Waals surface area contributed by atoms with Crippen molar-refractivity contribution in [1.29, 1.82) is 0 Å². The van der Waals surface area contributed by atoms with E-state index in [1.807, 2.05) is 4.90 Å². The number of piperazine rings is 1. The summed E-state index contributed by atoms with van der Waals surface area (Å²) in [6, 6.07) is 9.92. The van der Waals surface area contributed by atoms with E-state index in [9.17, 15) is 26.4 Å². The molecule has 0 radical (unpaired) electrons. The lowest BCUT2D eigenvalue weighted by Crippen LogP contribution is -2.49. The molecule has 0 unspecified atom stereocenters. The highest BCUT2D eigenvalue weighted by Crippen LogP contribution is 2.37. The van der Waals surface area contributed by atoms with Gasteiger partial charge in [0, 0.05) is 43.7 Å². The summed E-state index contributed by atoms with van der Waals surface area (Å²) in [6.07, 6.45) is 0.923. The summed E-state index contributed by atoms with van der Waals surface area (Å²) in [4.78, 5) is 17.2. The number of carbonyl (C=O) groups is 1. The van der Waals surface area contributed by atoms with Crippen molar-refractivity contribution in [3.63, 3.8) is 0 Å². The number of amides is 1. The van der Waals surface area contributed by atoms with Gasteiger partial charge in [-0.05, 0) is 60.7 Å². The minimum Gasteiger partial charge on any atom is -0.368 e. The highest BCUT2D eigenvalue weighted by molar-refractivity contribution is 7.90. The Hall–Kier alpha value is -2.55. The van der Waals surface area contributed by atoms with Crippen LogP contribution in [0.4, 0.5) is 18.9 Å². The van der Waals surface area contributed by atoms with E-state index in [0.29, 0.717) is 37.4 Å². The molecular formula is C24H27F3N2O3S. The molecule has 1 saturated heterocycles. The Morgan fingerprint density at radius 1 is 0.939 bits per heavy atom. The molecule has 0 N–H and O–H groups in total. The number of benzene rings is 2. The first-order chi connectivity index (χ1) is 15.5. The van der Waals surface area contributed by atoms with Crippen molar-refractivity contribution in [3.8, 4) is 0 Å². The topological polar surface area (TPSA) is 57.7 Å². The zero-order chi connectivity index (χ0) is 23.8. The first-order valence-corrected chi connectivity index (χ1v) is 13.0. The molecule has 1 aliphatic heterocycles. The molecule has 1 saturated carbocycles. The van der Waals surface area contributed by atoms with E-state index in [1.54, 1.807) is 17.0 Å².